The van der Waals surface area contributed by atoms with Crippen LogP contribution in [-0.4, -0.2) is 17.6 Å². The first-order valence-corrected chi connectivity index (χ1v) is 7.36. The summed E-state index contributed by atoms with van der Waals surface area (Å²) in [5.41, 5.74) is 1.23. The first kappa shape index (κ1) is 19.4. The number of aromatic nitrogens is 2. The average molecular weight is 394 g/mol. The van der Waals surface area contributed by atoms with Crippen LogP contribution in [0.1, 0.15) is 51.6 Å². The van der Waals surface area contributed by atoms with E-state index in [1.165, 1.54) is 38.5 Å². The smallest absolute Gasteiger partial charge is 0.305 e. The van der Waals surface area contributed by atoms with Gasteiger partial charge in [-0.25, -0.2) is 9.13 Å². The molecule has 0 radical (unpaired) electrons. The van der Waals surface area contributed by atoms with Crippen LogP contribution in [0.4, 0.5) is 0 Å². The number of ether oxygens (including phenoxy) is 1. The molecule has 0 saturated heterocycles. The van der Waals surface area contributed by atoms with Crippen LogP contribution in [0.3, 0.4) is 0 Å². The highest BCUT2D eigenvalue weighted by molar-refractivity contribution is 5.69. The zero-order valence-electron chi connectivity index (χ0n) is 12.9. The van der Waals surface area contributed by atoms with Crippen molar-refractivity contribution < 1.29 is 38.1 Å². The fourth-order valence-corrected chi connectivity index (χ4v) is 2.09. The van der Waals surface area contributed by atoms with E-state index in [-0.39, 0.29) is 29.9 Å². The van der Waals surface area contributed by atoms with Gasteiger partial charge in [-0.2, -0.15) is 0 Å². The molecule has 0 amide bonds. The fourth-order valence-electron chi connectivity index (χ4n) is 2.09. The zero-order chi connectivity index (χ0) is 14.1. The number of halogens is 1. The van der Waals surface area contributed by atoms with Gasteiger partial charge in [-0.1, -0.05) is 26.7 Å². The maximum Gasteiger partial charge on any atom is 0.305 e. The molecule has 0 saturated carbocycles. The van der Waals surface area contributed by atoms with Crippen molar-refractivity contribution in [3.8, 4) is 0 Å². The maximum absolute atomic E-state index is 11.3. The van der Waals surface area contributed by atoms with Gasteiger partial charge in [0.1, 0.15) is 11.9 Å². The Labute approximate surface area is 139 Å². The van der Waals surface area contributed by atoms with Crippen molar-refractivity contribution in [1.82, 2.24) is 4.57 Å². The van der Waals surface area contributed by atoms with Crippen LogP contribution in [0.25, 0.3) is 0 Å². The van der Waals surface area contributed by atoms with Gasteiger partial charge in [0, 0.05) is 6.42 Å². The van der Waals surface area contributed by atoms with Gasteiger partial charge in [0.25, 0.3) is 0 Å². The average Bonchev–Trinajstić information content (AvgIpc) is 2.82. The molecule has 4 nitrogen and oxygen atoms in total. The Morgan fingerprint density at radius 3 is 2.60 bits per heavy atom. The third-order valence-corrected chi connectivity index (χ3v) is 3.31. The minimum atomic E-state index is -0.136. The minimum Gasteiger partial charge on any atom is -1.00 e. The lowest BCUT2D eigenvalue weighted by Gasteiger charge is -2.00. The van der Waals surface area contributed by atoms with Crippen LogP contribution in [0.5, 0.6) is 0 Å². The van der Waals surface area contributed by atoms with Crippen LogP contribution in [0, 0.1) is 0 Å². The molecule has 0 N–H and O–H groups in total. The molecule has 5 heteroatoms. The Balaban J connectivity index is 0.00000361. The predicted octanol–water partition coefficient (Wildman–Crippen LogP) is -0.515. The van der Waals surface area contributed by atoms with Crippen LogP contribution in [0.15, 0.2) is 12.5 Å². The topological polar surface area (TPSA) is 35.1 Å². The number of unbranched alkanes of at least 4 members (excludes halogenated alkanes) is 2. The SMILES string of the molecule is CCCCn1cc(CCC(=O)OC)[n+](CCCC)c1.[I-]. The molecule has 0 aliphatic rings. The second-order valence-electron chi connectivity index (χ2n) is 4.95. The molecule has 0 unspecified atom stereocenters. The van der Waals surface area contributed by atoms with Crippen molar-refractivity contribution in [2.75, 3.05) is 7.11 Å². The van der Waals surface area contributed by atoms with Gasteiger partial charge in [-0.15, -0.1) is 0 Å². The number of esters is 1. The number of carbonyl (C=O) groups excluding carboxylic acids is 1. The molecule has 0 spiro atoms. The zero-order valence-corrected chi connectivity index (χ0v) is 15.1. The van der Waals surface area contributed by atoms with Crippen molar-refractivity contribution in [3.63, 3.8) is 0 Å². The van der Waals surface area contributed by atoms with Crippen LogP contribution < -0.4 is 28.5 Å². The first-order chi connectivity index (χ1) is 9.21. The summed E-state index contributed by atoms with van der Waals surface area (Å²) >= 11 is 0. The maximum atomic E-state index is 11.3. The predicted molar refractivity (Wildman–Crippen MR) is 74.8 cm³/mol. The Kier molecular flexibility index (Phi) is 10.8. The third kappa shape index (κ3) is 6.72. The van der Waals surface area contributed by atoms with E-state index < -0.39 is 0 Å². The number of hydrogen-bond acceptors (Lipinski definition) is 2. The largest absolute Gasteiger partial charge is 1.00 e. The Bertz CT molecular complexity index is 391. The lowest BCUT2D eigenvalue weighted by Crippen LogP contribution is -3.00. The molecular formula is C15H27IN2O2. The van der Waals surface area contributed by atoms with Crippen molar-refractivity contribution >= 4 is 5.97 Å². The number of nitrogens with zero attached hydrogens (tertiary/aromatic N) is 2. The summed E-state index contributed by atoms with van der Waals surface area (Å²) in [5, 5.41) is 0. The van der Waals surface area contributed by atoms with E-state index in [1.54, 1.807) is 0 Å². The van der Waals surface area contributed by atoms with Crippen molar-refractivity contribution in [1.29, 1.82) is 0 Å². The third-order valence-electron chi connectivity index (χ3n) is 3.31. The fraction of sp³-hybridized carbons (Fsp3) is 0.733. The van der Waals surface area contributed by atoms with Gasteiger partial charge in [-0.3, -0.25) is 4.79 Å². The molecule has 0 atom stereocenters. The Morgan fingerprint density at radius 2 is 2.00 bits per heavy atom. The summed E-state index contributed by atoms with van der Waals surface area (Å²) in [6.45, 7) is 6.49. The lowest BCUT2D eigenvalue weighted by atomic mass is 10.2. The minimum absolute atomic E-state index is 0. The van der Waals surface area contributed by atoms with Gasteiger partial charge < -0.3 is 28.7 Å². The molecule has 0 aliphatic carbocycles. The number of carbonyl (C=O) groups is 1. The molecule has 1 aromatic heterocycles. The molecular weight excluding hydrogens is 367 g/mol. The summed E-state index contributed by atoms with van der Waals surface area (Å²) < 4.78 is 9.23. The van der Waals surface area contributed by atoms with E-state index >= 15 is 0 Å². The summed E-state index contributed by atoms with van der Waals surface area (Å²) in [5.74, 6) is -0.136. The summed E-state index contributed by atoms with van der Waals surface area (Å²) in [6.07, 6.45) is 10.3. The second kappa shape index (κ2) is 11.1. The molecule has 0 aliphatic heterocycles. The summed E-state index contributed by atoms with van der Waals surface area (Å²) in [4.78, 5) is 11.3. The van der Waals surface area contributed by atoms with Crippen LogP contribution in [-0.2, 0) is 29.0 Å². The van der Waals surface area contributed by atoms with E-state index in [1.807, 2.05) is 0 Å². The summed E-state index contributed by atoms with van der Waals surface area (Å²) in [7, 11) is 1.44. The monoisotopic (exact) mass is 394 g/mol. The Morgan fingerprint density at radius 1 is 1.30 bits per heavy atom. The number of methoxy groups -OCH3 is 1. The molecule has 1 heterocycles. The molecule has 0 bridgehead atoms. The lowest BCUT2D eigenvalue weighted by molar-refractivity contribution is -0.703. The molecule has 0 aromatic carbocycles. The molecule has 0 fully saturated rings. The normalized spacial score (nSPS) is 10.2. The number of rotatable bonds is 9. The van der Waals surface area contributed by atoms with E-state index in [9.17, 15) is 4.79 Å². The highest BCUT2D eigenvalue weighted by Gasteiger charge is 2.14. The van der Waals surface area contributed by atoms with Crippen LogP contribution >= 0.6 is 0 Å². The molecule has 116 valence electrons. The standard InChI is InChI=1S/C15H27N2O2.HI/c1-4-6-10-16-12-14(8-9-15(18)19-3)17(13-16)11-7-5-2;/h12-13H,4-11H2,1-3H3;1H/q+1;/p-1. The van der Waals surface area contributed by atoms with Gasteiger partial charge in [0.05, 0.1) is 26.6 Å². The number of aryl methyl sites for hydroxylation is 3. The van der Waals surface area contributed by atoms with Crippen molar-refractivity contribution in [3.05, 3.63) is 18.2 Å². The van der Waals surface area contributed by atoms with E-state index in [0.717, 1.165) is 19.5 Å². The molecule has 1 aromatic rings. The van der Waals surface area contributed by atoms with Crippen LogP contribution in [0.2, 0.25) is 0 Å². The van der Waals surface area contributed by atoms with E-state index in [0.29, 0.717) is 6.42 Å². The highest BCUT2D eigenvalue weighted by Crippen LogP contribution is 2.03. The highest BCUT2D eigenvalue weighted by atomic mass is 127. The summed E-state index contributed by atoms with van der Waals surface area (Å²) in [6, 6.07) is 0. The van der Waals surface area contributed by atoms with Crippen molar-refractivity contribution in [2.24, 2.45) is 0 Å². The second-order valence-corrected chi connectivity index (χ2v) is 4.95. The van der Waals surface area contributed by atoms with Gasteiger partial charge in [0.15, 0.2) is 0 Å². The first-order valence-electron chi connectivity index (χ1n) is 7.36. The number of imidazole rings is 1. The van der Waals surface area contributed by atoms with Gasteiger partial charge in [0.2, 0.25) is 6.33 Å². The van der Waals surface area contributed by atoms with E-state index in [2.05, 4.69) is 35.5 Å². The quantitative estimate of drug-likeness (QED) is 0.321. The van der Waals surface area contributed by atoms with Crippen molar-refractivity contribution in [2.45, 2.75) is 65.5 Å². The molecule has 1 rings (SSSR count). The van der Waals surface area contributed by atoms with Gasteiger partial charge in [-0.05, 0) is 12.8 Å². The molecule has 20 heavy (non-hydrogen) atoms. The Hall–Kier alpha value is -0.590. The number of hydrogen-bond donors (Lipinski definition) is 0. The van der Waals surface area contributed by atoms with Gasteiger partial charge >= 0.3 is 5.97 Å². The van der Waals surface area contributed by atoms with E-state index in [4.69, 9.17) is 4.74 Å².